The Labute approximate surface area is 139 Å². The topological polar surface area (TPSA) is 49.2 Å². The molecule has 0 saturated heterocycles. The second-order valence-electron chi connectivity index (χ2n) is 5.59. The molecule has 4 rings (SSSR count). The Hall–Kier alpha value is -3.27. The van der Waals surface area contributed by atoms with Crippen LogP contribution in [0.1, 0.15) is 16.1 Å². The molecular weight excluding hydrogens is 300 g/mol. The number of para-hydroxylation sites is 1. The predicted molar refractivity (Wildman–Crippen MR) is 94.0 cm³/mol. The van der Waals surface area contributed by atoms with E-state index in [1.54, 1.807) is 17.2 Å². The third-order valence-electron chi connectivity index (χ3n) is 3.97. The highest BCUT2D eigenvalue weighted by molar-refractivity contribution is 6.06. The van der Waals surface area contributed by atoms with Gasteiger partial charge in [-0.1, -0.05) is 48.5 Å². The number of nitrogens with one attached hydrogen (secondary N) is 1. The molecule has 0 aliphatic heterocycles. The minimum absolute atomic E-state index is 0.0866. The molecule has 1 N–H and O–H groups in total. The van der Waals surface area contributed by atoms with E-state index in [9.17, 15) is 4.79 Å². The van der Waals surface area contributed by atoms with Gasteiger partial charge in [0.1, 0.15) is 5.69 Å². The highest BCUT2D eigenvalue weighted by atomic mass is 16.3. The van der Waals surface area contributed by atoms with Crippen LogP contribution < -0.4 is 4.90 Å². The third kappa shape index (κ3) is 2.70. The number of aromatic nitrogens is 1. The number of fused-ring (bicyclic) bond motifs is 1. The number of furan rings is 1. The zero-order valence-corrected chi connectivity index (χ0v) is 13.0. The lowest BCUT2D eigenvalue weighted by Crippen LogP contribution is -2.30. The van der Waals surface area contributed by atoms with Crippen LogP contribution in [-0.4, -0.2) is 10.9 Å². The lowest BCUT2D eigenvalue weighted by molar-refractivity contribution is 0.0981. The molecule has 0 aliphatic carbocycles. The molecule has 0 unspecified atom stereocenters. The number of carbonyl (C=O) groups is 1. The highest BCUT2D eigenvalue weighted by Gasteiger charge is 2.20. The monoisotopic (exact) mass is 316 g/mol. The minimum atomic E-state index is -0.0866. The number of aromatic amines is 1. The molecule has 2 aromatic heterocycles. The summed E-state index contributed by atoms with van der Waals surface area (Å²) < 4.78 is 5.35. The van der Waals surface area contributed by atoms with E-state index in [4.69, 9.17) is 4.42 Å². The fourth-order valence-corrected chi connectivity index (χ4v) is 2.76. The number of hydrogen-bond acceptors (Lipinski definition) is 2. The average molecular weight is 316 g/mol. The van der Waals surface area contributed by atoms with Crippen LogP contribution in [-0.2, 0) is 6.54 Å². The van der Waals surface area contributed by atoms with Gasteiger partial charge in [-0.2, -0.15) is 0 Å². The van der Waals surface area contributed by atoms with Crippen LogP contribution in [0.3, 0.4) is 0 Å². The predicted octanol–water partition coefficient (Wildman–Crippen LogP) is 4.61. The van der Waals surface area contributed by atoms with E-state index in [0.29, 0.717) is 17.8 Å². The quantitative estimate of drug-likeness (QED) is 0.598. The van der Waals surface area contributed by atoms with Gasteiger partial charge in [0, 0.05) is 17.8 Å². The number of H-pyrrole nitrogens is 1. The second kappa shape index (κ2) is 6.08. The number of benzene rings is 2. The van der Waals surface area contributed by atoms with Gasteiger partial charge in [0.2, 0.25) is 0 Å². The molecule has 0 fully saturated rings. The van der Waals surface area contributed by atoms with Gasteiger partial charge in [0.15, 0.2) is 5.58 Å². The Bertz CT molecular complexity index is 926. The van der Waals surface area contributed by atoms with E-state index in [1.807, 2.05) is 66.7 Å². The van der Waals surface area contributed by atoms with Crippen molar-refractivity contribution in [1.29, 1.82) is 0 Å². The van der Waals surface area contributed by atoms with Crippen molar-refractivity contribution in [2.24, 2.45) is 0 Å². The molecule has 2 aromatic carbocycles. The summed E-state index contributed by atoms with van der Waals surface area (Å²) in [5, 5.41) is 0. The zero-order chi connectivity index (χ0) is 16.4. The zero-order valence-electron chi connectivity index (χ0n) is 13.0. The maximum atomic E-state index is 13.1. The molecule has 118 valence electrons. The molecule has 4 aromatic rings. The van der Waals surface area contributed by atoms with Gasteiger partial charge in [-0.05, 0) is 17.7 Å². The Morgan fingerprint density at radius 2 is 1.67 bits per heavy atom. The Balaban J connectivity index is 1.71. The van der Waals surface area contributed by atoms with Gasteiger partial charge in [0.25, 0.3) is 5.91 Å². The Morgan fingerprint density at radius 1 is 0.958 bits per heavy atom. The lowest BCUT2D eigenvalue weighted by Gasteiger charge is -2.22. The second-order valence-corrected chi connectivity index (χ2v) is 5.59. The first-order valence-electron chi connectivity index (χ1n) is 7.78. The summed E-state index contributed by atoms with van der Waals surface area (Å²) in [7, 11) is 0. The van der Waals surface area contributed by atoms with Crippen molar-refractivity contribution in [1.82, 2.24) is 4.98 Å². The first kappa shape index (κ1) is 14.3. The van der Waals surface area contributed by atoms with Crippen molar-refractivity contribution in [3.05, 3.63) is 90.3 Å². The van der Waals surface area contributed by atoms with E-state index in [1.165, 1.54) is 0 Å². The van der Waals surface area contributed by atoms with Crippen LogP contribution in [0.5, 0.6) is 0 Å². The van der Waals surface area contributed by atoms with E-state index in [-0.39, 0.29) is 5.91 Å². The van der Waals surface area contributed by atoms with Gasteiger partial charge in [-0.15, -0.1) is 0 Å². The van der Waals surface area contributed by atoms with Gasteiger partial charge in [0.05, 0.1) is 18.3 Å². The Morgan fingerprint density at radius 3 is 2.38 bits per heavy atom. The third-order valence-corrected chi connectivity index (χ3v) is 3.97. The molecular formula is C20H16N2O2. The molecule has 2 heterocycles. The maximum absolute atomic E-state index is 13.1. The summed E-state index contributed by atoms with van der Waals surface area (Å²) in [6.45, 7) is 0.504. The SMILES string of the molecule is O=C(c1cc2occc2[nH]1)N(Cc1ccccc1)c1ccccc1. The normalized spacial score (nSPS) is 10.8. The molecule has 0 aliphatic rings. The molecule has 0 saturated carbocycles. The van der Waals surface area contributed by atoms with Crippen LogP contribution in [0.25, 0.3) is 11.1 Å². The number of anilines is 1. The van der Waals surface area contributed by atoms with Crippen LogP contribution in [0, 0.1) is 0 Å². The van der Waals surface area contributed by atoms with Crippen LogP contribution in [0.2, 0.25) is 0 Å². The van der Waals surface area contributed by atoms with Crippen LogP contribution >= 0.6 is 0 Å². The molecule has 24 heavy (non-hydrogen) atoms. The fraction of sp³-hybridized carbons (Fsp3) is 0.0500. The number of amides is 1. The molecule has 4 heteroatoms. The Kier molecular flexibility index (Phi) is 3.63. The van der Waals surface area contributed by atoms with E-state index < -0.39 is 0 Å². The maximum Gasteiger partial charge on any atom is 0.275 e. The summed E-state index contributed by atoms with van der Waals surface area (Å²) >= 11 is 0. The molecule has 0 bridgehead atoms. The standard InChI is InChI=1S/C20H16N2O2/c23-20(18-13-19-17(21-18)11-12-24-19)22(16-9-5-2-6-10-16)14-15-7-3-1-4-8-15/h1-13,21H,14H2. The van der Waals surface area contributed by atoms with Crippen molar-refractivity contribution < 1.29 is 9.21 Å². The van der Waals surface area contributed by atoms with Gasteiger partial charge < -0.3 is 14.3 Å². The van der Waals surface area contributed by atoms with Crippen molar-refractivity contribution in [2.45, 2.75) is 6.54 Å². The van der Waals surface area contributed by atoms with E-state index in [0.717, 1.165) is 16.8 Å². The number of nitrogens with zero attached hydrogens (tertiary/aromatic N) is 1. The van der Waals surface area contributed by atoms with Crippen molar-refractivity contribution in [3.63, 3.8) is 0 Å². The molecule has 0 atom stereocenters. The van der Waals surface area contributed by atoms with Crippen molar-refractivity contribution >= 4 is 22.7 Å². The lowest BCUT2D eigenvalue weighted by atomic mass is 10.2. The van der Waals surface area contributed by atoms with Gasteiger partial charge in [-0.3, -0.25) is 4.79 Å². The minimum Gasteiger partial charge on any atom is -0.463 e. The van der Waals surface area contributed by atoms with Gasteiger partial charge in [-0.25, -0.2) is 0 Å². The van der Waals surface area contributed by atoms with Gasteiger partial charge >= 0.3 is 0 Å². The molecule has 1 amide bonds. The summed E-state index contributed by atoms with van der Waals surface area (Å²) in [5.74, 6) is -0.0866. The van der Waals surface area contributed by atoms with Crippen LogP contribution in [0.4, 0.5) is 5.69 Å². The summed E-state index contributed by atoms with van der Waals surface area (Å²) in [4.78, 5) is 18.0. The number of hydrogen-bond donors (Lipinski definition) is 1. The van der Waals surface area contributed by atoms with Crippen molar-refractivity contribution in [2.75, 3.05) is 4.90 Å². The largest absolute Gasteiger partial charge is 0.463 e. The number of carbonyl (C=O) groups excluding carboxylic acids is 1. The summed E-state index contributed by atoms with van der Waals surface area (Å²) in [5.41, 5.74) is 3.96. The molecule has 0 spiro atoms. The smallest absolute Gasteiger partial charge is 0.275 e. The first-order chi connectivity index (χ1) is 11.8. The first-order valence-corrected chi connectivity index (χ1v) is 7.78. The molecule has 4 nitrogen and oxygen atoms in total. The van der Waals surface area contributed by atoms with E-state index >= 15 is 0 Å². The highest BCUT2D eigenvalue weighted by Crippen LogP contribution is 2.22. The molecule has 0 radical (unpaired) electrons. The average Bonchev–Trinajstić information content (AvgIpc) is 3.23. The van der Waals surface area contributed by atoms with Crippen LogP contribution in [0.15, 0.2) is 83.5 Å². The summed E-state index contributed by atoms with van der Waals surface area (Å²) in [6, 6.07) is 23.2. The van der Waals surface area contributed by atoms with E-state index in [2.05, 4.69) is 4.98 Å². The number of rotatable bonds is 4. The fourth-order valence-electron chi connectivity index (χ4n) is 2.76. The summed E-state index contributed by atoms with van der Waals surface area (Å²) in [6.07, 6.45) is 1.61. The van der Waals surface area contributed by atoms with Crippen molar-refractivity contribution in [3.8, 4) is 0 Å².